The molecule has 0 bridgehead atoms. The van der Waals surface area contributed by atoms with Gasteiger partial charge in [-0.1, -0.05) is 0 Å². The van der Waals surface area contributed by atoms with Gasteiger partial charge in [-0.05, 0) is 44.9 Å². The van der Waals surface area contributed by atoms with E-state index in [1.807, 2.05) is 32.0 Å². The number of fused-ring (bicyclic) bond motifs is 1. The fourth-order valence-corrected chi connectivity index (χ4v) is 3.29. The number of esters is 1. The summed E-state index contributed by atoms with van der Waals surface area (Å²) in [5, 5.41) is 0.888. The summed E-state index contributed by atoms with van der Waals surface area (Å²) in [5.74, 6) is 0.668. The van der Waals surface area contributed by atoms with Gasteiger partial charge in [-0.3, -0.25) is 9.59 Å². The highest BCUT2D eigenvalue weighted by atomic mass is 16.5. The number of amides is 1. The maximum atomic E-state index is 12.8. The van der Waals surface area contributed by atoms with Crippen LogP contribution in [0.2, 0.25) is 0 Å². The van der Waals surface area contributed by atoms with Crippen LogP contribution in [0.1, 0.15) is 35.9 Å². The highest BCUT2D eigenvalue weighted by molar-refractivity contribution is 5.99. The first-order valence-corrected chi connectivity index (χ1v) is 8.58. The van der Waals surface area contributed by atoms with Crippen LogP contribution in [0.4, 0.5) is 0 Å². The fraction of sp³-hybridized carbons (Fsp3) is 0.474. The number of furan rings is 1. The molecule has 0 spiro atoms. The van der Waals surface area contributed by atoms with Gasteiger partial charge < -0.3 is 18.8 Å². The highest BCUT2D eigenvalue weighted by Crippen LogP contribution is 2.30. The number of hydrogen-bond acceptors (Lipinski definition) is 5. The predicted octanol–water partition coefficient (Wildman–Crippen LogP) is 3.17. The second kappa shape index (κ2) is 7.17. The lowest BCUT2D eigenvalue weighted by Crippen LogP contribution is -2.40. The van der Waals surface area contributed by atoms with Crippen LogP contribution in [0.3, 0.4) is 0 Å². The van der Waals surface area contributed by atoms with E-state index >= 15 is 0 Å². The molecule has 2 aromatic rings. The molecule has 1 saturated heterocycles. The number of ether oxygens (including phenoxy) is 2. The van der Waals surface area contributed by atoms with Crippen LogP contribution in [0.25, 0.3) is 11.0 Å². The summed E-state index contributed by atoms with van der Waals surface area (Å²) < 4.78 is 16.1. The van der Waals surface area contributed by atoms with E-state index in [1.54, 1.807) is 4.90 Å². The third kappa shape index (κ3) is 3.34. The van der Waals surface area contributed by atoms with E-state index in [-0.39, 0.29) is 17.8 Å². The number of carbonyl (C=O) groups is 2. The number of nitrogens with zero attached hydrogens (tertiary/aromatic N) is 1. The van der Waals surface area contributed by atoms with E-state index in [9.17, 15) is 9.59 Å². The quantitative estimate of drug-likeness (QED) is 0.796. The van der Waals surface area contributed by atoms with Gasteiger partial charge in [0.15, 0.2) is 5.76 Å². The number of piperidine rings is 1. The summed E-state index contributed by atoms with van der Waals surface area (Å²) >= 11 is 0. The van der Waals surface area contributed by atoms with Crippen LogP contribution in [-0.2, 0) is 9.53 Å². The van der Waals surface area contributed by atoms with Crippen LogP contribution in [-0.4, -0.2) is 43.6 Å². The number of methoxy groups -OCH3 is 1. The largest absolute Gasteiger partial charge is 0.494 e. The lowest BCUT2D eigenvalue weighted by Gasteiger charge is -2.30. The van der Waals surface area contributed by atoms with E-state index in [1.165, 1.54) is 7.11 Å². The van der Waals surface area contributed by atoms with Crippen LogP contribution < -0.4 is 4.74 Å². The molecule has 0 atom stereocenters. The van der Waals surface area contributed by atoms with E-state index < -0.39 is 0 Å². The van der Waals surface area contributed by atoms with Crippen molar-refractivity contribution < 1.29 is 23.5 Å². The van der Waals surface area contributed by atoms with Gasteiger partial charge in [-0.25, -0.2) is 0 Å². The molecule has 3 rings (SSSR count). The third-order valence-corrected chi connectivity index (χ3v) is 4.73. The molecular weight excluding hydrogens is 322 g/mol. The topological polar surface area (TPSA) is 69.0 Å². The normalized spacial score (nSPS) is 15.4. The number of likely N-dealkylation sites (tertiary alicyclic amines) is 1. The van der Waals surface area contributed by atoms with Crippen molar-refractivity contribution in [3.63, 3.8) is 0 Å². The van der Waals surface area contributed by atoms with Crippen LogP contribution >= 0.6 is 0 Å². The number of hydrogen-bond donors (Lipinski definition) is 0. The molecular formula is C19H23NO5. The Balaban J connectivity index is 1.78. The van der Waals surface area contributed by atoms with Gasteiger partial charge in [0.25, 0.3) is 5.91 Å². The molecule has 1 amide bonds. The summed E-state index contributed by atoms with van der Waals surface area (Å²) in [6, 6.07) is 5.57. The smallest absolute Gasteiger partial charge is 0.308 e. The molecule has 6 nitrogen and oxygen atoms in total. The Labute approximate surface area is 146 Å². The Morgan fingerprint density at radius 3 is 2.64 bits per heavy atom. The van der Waals surface area contributed by atoms with E-state index in [0.717, 1.165) is 16.7 Å². The van der Waals surface area contributed by atoms with Gasteiger partial charge in [0.05, 0.1) is 19.6 Å². The van der Waals surface area contributed by atoms with Crippen molar-refractivity contribution >= 4 is 22.8 Å². The number of benzene rings is 1. The average Bonchev–Trinajstić information content (AvgIpc) is 2.97. The molecule has 1 aromatic heterocycles. The van der Waals surface area contributed by atoms with Gasteiger partial charge in [0.1, 0.15) is 11.3 Å². The van der Waals surface area contributed by atoms with Crippen molar-refractivity contribution in [1.82, 2.24) is 4.90 Å². The number of aryl methyl sites for hydroxylation is 1. The zero-order chi connectivity index (χ0) is 18.0. The summed E-state index contributed by atoms with van der Waals surface area (Å²) in [6.45, 7) is 5.46. The Bertz CT molecular complexity index is 786. The minimum Gasteiger partial charge on any atom is -0.494 e. The Hall–Kier alpha value is -2.50. The number of rotatable bonds is 4. The molecule has 1 aliphatic heterocycles. The molecule has 2 heterocycles. The van der Waals surface area contributed by atoms with Gasteiger partial charge in [0, 0.05) is 24.0 Å². The zero-order valence-corrected chi connectivity index (χ0v) is 14.8. The first-order valence-electron chi connectivity index (χ1n) is 8.58. The molecule has 1 aromatic carbocycles. The molecule has 0 unspecified atom stereocenters. The zero-order valence-electron chi connectivity index (χ0n) is 14.8. The molecule has 0 N–H and O–H groups in total. The van der Waals surface area contributed by atoms with E-state index in [0.29, 0.717) is 43.9 Å². The van der Waals surface area contributed by atoms with E-state index in [4.69, 9.17) is 13.9 Å². The molecule has 6 heteroatoms. The van der Waals surface area contributed by atoms with Crippen molar-refractivity contribution in [1.29, 1.82) is 0 Å². The van der Waals surface area contributed by atoms with Gasteiger partial charge in [-0.2, -0.15) is 0 Å². The van der Waals surface area contributed by atoms with Gasteiger partial charge in [0.2, 0.25) is 0 Å². The standard InChI is InChI=1S/C19H23NO5/c1-4-24-14-5-6-16-15(11-14)12(2)17(25-16)18(21)20-9-7-13(8-10-20)19(22)23-3/h5-6,11,13H,4,7-10H2,1-3H3. The van der Waals surface area contributed by atoms with Crippen LogP contribution in [0.15, 0.2) is 22.6 Å². The Kier molecular flexibility index (Phi) is 4.97. The van der Waals surface area contributed by atoms with Crippen molar-refractivity contribution in [3.8, 4) is 5.75 Å². The van der Waals surface area contributed by atoms with Crippen molar-refractivity contribution in [2.75, 3.05) is 26.8 Å². The lowest BCUT2D eigenvalue weighted by molar-refractivity contribution is -0.146. The molecule has 1 fully saturated rings. The monoisotopic (exact) mass is 345 g/mol. The Morgan fingerprint density at radius 2 is 2.00 bits per heavy atom. The summed E-state index contributed by atoms with van der Waals surface area (Å²) in [5.41, 5.74) is 1.49. The lowest BCUT2D eigenvalue weighted by atomic mass is 9.96. The minimum absolute atomic E-state index is 0.125. The first-order chi connectivity index (χ1) is 12.0. The van der Waals surface area contributed by atoms with Gasteiger partial charge >= 0.3 is 5.97 Å². The fourth-order valence-electron chi connectivity index (χ4n) is 3.29. The maximum absolute atomic E-state index is 12.8. The van der Waals surface area contributed by atoms with E-state index in [2.05, 4.69) is 0 Å². The van der Waals surface area contributed by atoms with Crippen molar-refractivity contribution in [3.05, 3.63) is 29.5 Å². The van der Waals surface area contributed by atoms with Crippen molar-refractivity contribution in [2.45, 2.75) is 26.7 Å². The summed E-state index contributed by atoms with van der Waals surface area (Å²) in [6.07, 6.45) is 1.23. The molecule has 1 aliphatic rings. The second-order valence-corrected chi connectivity index (χ2v) is 6.24. The predicted molar refractivity (Wildman–Crippen MR) is 92.8 cm³/mol. The molecule has 25 heavy (non-hydrogen) atoms. The highest BCUT2D eigenvalue weighted by Gasteiger charge is 2.30. The first kappa shape index (κ1) is 17.3. The van der Waals surface area contributed by atoms with Crippen molar-refractivity contribution in [2.24, 2.45) is 5.92 Å². The summed E-state index contributed by atoms with van der Waals surface area (Å²) in [7, 11) is 1.40. The van der Waals surface area contributed by atoms with Crippen LogP contribution in [0, 0.1) is 12.8 Å². The Morgan fingerprint density at radius 1 is 1.28 bits per heavy atom. The maximum Gasteiger partial charge on any atom is 0.308 e. The number of carbonyl (C=O) groups excluding carboxylic acids is 2. The summed E-state index contributed by atoms with van der Waals surface area (Å²) in [4.78, 5) is 26.2. The van der Waals surface area contributed by atoms with Crippen LogP contribution in [0.5, 0.6) is 5.75 Å². The molecule has 0 saturated carbocycles. The molecule has 134 valence electrons. The molecule has 0 radical (unpaired) electrons. The minimum atomic E-state index is -0.199. The second-order valence-electron chi connectivity index (χ2n) is 6.24. The SMILES string of the molecule is CCOc1ccc2oc(C(=O)N3CCC(C(=O)OC)CC3)c(C)c2c1. The van der Waals surface area contributed by atoms with Gasteiger partial charge in [-0.15, -0.1) is 0 Å². The average molecular weight is 345 g/mol. The third-order valence-electron chi connectivity index (χ3n) is 4.73. The molecule has 0 aliphatic carbocycles.